The molecule has 1 saturated heterocycles. The lowest BCUT2D eigenvalue weighted by Crippen LogP contribution is -2.53. The van der Waals surface area contributed by atoms with Crippen LogP contribution in [0.25, 0.3) is 0 Å². The van der Waals surface area contributed by atoms with Crippen LogP contribution in [0.5, 0.6) is 0 Å². The van der Waals surface area contributed by atoms with Gasteiger partial charge in [0.1, 0.15) is 0 Å². The van der Waals surface area contributed by atoms with Crippen LogP contribution in [-0.4, -0.2) is 61.7 Å². The van der Waals surface area contributed by atoms with E-state index in [-0.39, 0.29) is 0 Å². The Labute approximate surface area is 114 Å². The molecule has 0 aromatic heterocycles. The highest BCUT2D eigenvalue weighted by Gasteiger charge is 2.29. The molecule has 0 radical (unpaired) electrons. The van der Waals surface area contributed by atoms with Gasteiger partial charge in [0, 0.05) is 44.8 Å². The number of nitrogens with one attached hydrogen (secondary N) is 1. The van der Waals surface area contributed by atoms with Gasteiger partial charge in [0.05, 0.1) is 0 Å². The molecule has 1 fully saturated rings. The molecule has 0 aromatic rings. The fourth-order valence-corrected chi connectivity index (χ4v) is 2.72. The number of hydrogen-bond acceptors (Lipinski definition) is 3. The topological polar surface area (TPSA) is 18.5 Å². The minimum Gasteiger partial charge on any atom is -0.317 e. The summed E-state index contributed by atoms with van der Waals surface area (Å²) in [6.45, 7) is 17.8. The quantitative estimate of drug-likeness (QED) is 0.783. The summed E-state index contributed by atoms with van der Waals surface area (Å²) in [5.74, 6) is 0. The first-order valence-corrected chi connectivity index (χ1v) is 7.54. The molecule has 108 valence electrons. The number of nitrogens with zero attached hydrogens (tertiary/aromatic N) is 2. The molecule has 1 N–H and O–H groups in total. The molecule has 3 heteroatoms. The van der Waals surface area contributed by atoms with Crippen LogP contribution in [0.1, 0.15) is 41.0 Å². The molecule has 1 aliphatic rings. The Balaban J connectivity index is 2.39. The van der Waals surface area contributed by atoms with Crippen LogP contribution in [-0.2, 0) is 0 Å². The molecule has 1 heterocycles. The smallest absolute Gasteiger partial charge is 0.0113 e. The van der Waals surface area contributed by atoms with Gasteiger partial charge in [-0.3, -0.25) is 4.90 Å². The molecule has 3 nitrogen and oxygen atoms in total. The van der Waals surface area contributed by atoms with Crippen LogP contribution in [0.3, 0.4) is 0 Å². The highest BCUT2D eigenvalue weighted by Crippen LogP contribution is 2.23. The standard InChI is InChI=1S/C15H33N3/c1-7-13(2)18-10-8-17(9-11-18)12-15(4,5)14(3)16-6/h13-14,16H,7-12H2,1-6H3. The summed E-state index contributed by atoms with van der Waals surface area (Å²) < 4.78 is 0. The molecule has 2 unspecified atom stereocenters. The molecule has 0 saturated carbocycles. The van der Waals surface area contributed by atoms with Crippen molar-refractivity contribution in [2.45, 2.75) is 53.1 Å². The fraction of sp³-hybridized carbons (Fsp3) is 1.00. The zero-order valence-corrected chi connectivity index (χ0v) is 13.3. The van der Waals surface area contributed by atoms with Crippen LogP contribution < -0.4 is 5.32 Å². The van der Waals surface area contributed by atoms with Crippen molar-refractivity contribution < 1.29 is 0 Å². The maximum Gasteiger partial charge on any atom is 0.0113 e. The van der Waals surface area contributed by atoms with Gasteiger partial charge in [-0.05, 0) is 32.7 Å². The van der Waals surface area contributed by atoms with E-state index in [1.165, 1.54) is 39.1 Å². The average molecular weight is 255 g/mol. The van der Waals surface area contributed by atoms with E-state index in [2.05, 4.69) is 56.8 Å². The van der Waals surface area contributed by atoms with E-state index in [9.17, 15) is 0 Å². The SMILES string of the molecule is CCC(C)N1CCN(CC(C)(C)C(C)NC)CC1. The molecular formula is C15H33N3. The fourth-order valence-electron chi connectivity index (χ4n) is 2.72. The van der Waals surface area contributed by atoms with Gasteiger partial charge in [0.15, 0.2) is 0 Å². The summed E-state index contributed by atoms with van der Waals surface area (Å²) in [5, 5.41) is 3.39. The largest absolute Gasteiger partial charge is 0.317 e. The molecule has 0 aliphatic carbocycles. The van der Waals surface area contributed by atoms with Crippen LogP contribution in [0, 0.1) is 5.41 Å². The molecule has 0 amide bonds. The zero-order valence-electron chi connectivity index (χ0n) is 13.3. The maximum absolute atomic E-state index is 3.39. The van der Waals surface area contributed by atoms with Gasteiger partial charge in [-0.2, -0.15) is 0 Å². The van der Waals surface area contributed by atoms with Crippen molar-refractivity contribution in [2.75, 3.05) is 39.8 Å². The molecule has 0 aromatic carbocycles. The second kappa shape index (κ2) is 6.88. The van der Waals surface area contributed by atoms with Crippen LogP contribution in [0.4, 0.5) is 0 Å². The summed E-state index contributed by atoms with van der Waals surface area (Å²) >= 11 is 0. The minimum absolute atomic E-state index is 0.341. The van der Waals surface area contributed by atoms with E-state index < -0.39 is 0 Å². The zero-order chi connectivity index (χ0) is 13.8. The van der Waals surface area contributed by atoms with Crippen LogP contribution >= 0.6 is 0 Å². The summed E-state index contributed by atoms with van der Waals surface area (Å²) in [5.41, 5.74) is 0.341. The van der Waals surface area contributed by atoms with E-state index in [1.54, 1.807) is 0 Å². The lowest BCUT2D eigenvalue weighted by molar-refractivity contribution is 0.0661. The summed E-state index contributed by atoms with van der Waals surface area (Å²) in [6.07, 6.45) is 1.27. The Morgan fingerprint density at radius 2 is 1.67 bits per heavy atom. The second-order valence-electron chi connectivity index (χ2n) is 6.57. The van der Waals surface area contributed by atoms with Gasteiger partial charge in [0.25, 0.3) is 0 Å². The Morgan fingerprint density at radius 3 is 2.11 bits per heavy atom. The van der Waals surface area contributed by atoms with Gasteiger partial charge in [-0.15, -0.1) is 0 Å². The lowest BCUT2D eigenvalue weighted by atomic mass is 9.84. The van der Waals surface area contributed by atoms with Crippen molar-refractivity contribution in [1.82, 2.24) is 15.1 Å². The van der Waals surface area contributed by atoms with Crippen molar-refractivity contribution in [2.24, 2.45) is 5.41 Å². The summed E-state index contributed by atoms with van der Waals surface area (Å²) in [7, 11) is 2.06. The van der Waals surface area contributed by atoms with E-state index in [1.807, 2.05) is 0 Å². The number of piperazine rings is 1. The van der Waals surface area contributed by atoms with Crippen molar-refractivity contribution in [3.05, 3.63) is 0 Å². The van der Waals surface area contributed by atoms with Crippen LogP contribution in [0.2, 0.25) is 0 Å². The monoisotopic (exact) mass is 255 g/mol. The lowest BCUT2D eigenvalue weighted by Gasteiger charge is -2.42. The highest BCUT2D eigenvalue weighted by molar-refractivity contribution is 4.85. The number of hydrogen-bond donors (Lipinski definition) is 1. The first-order chi connectivity index (χ1) is 8.40. The molecule has 0 bridgehead atoms. The van der Waals surface area contributed by atoms with E-state index in [0.717, 1.165) is 6.04 Å². The highest BCUT2D eigenvalue weighted by atomic mass is 15.3. The van der Waals surface area contributed by atoms with Gasteiger partial charge in [-0.25, -0.2) is 0 Å². The third-order valence-corrected chi connectivity index (χ3v) is 4.86. The van der Waals surface area contributed by atoms with Crippen LogP contribution in [0.15, 0.2) is 0 Å². The molecular weight excluding hydrogens is 222 g/mol. The van der Waals surface area contributed by atoms with Crippen molar-refractivity contribution >= 4 is 0 Å². The van der Waals surface area contributed by atoms with E-state index >= 15 is 0 Å². The third-order valence-electron chi connectivity index (χ3n) is 4.86. The Morgan fingerprint density at radius 1 is 1.11 bits per heavy atom. The first-order valence-electron chi connectivity index (χ1n) is 7.54. The maximum atomic E-state index is 3.39. The summed E-state index contributed by atoms with van der Waals surface area (Å²) in [4.78, 5) is 5.26. The van der Waals surface area contributed by atoms with Gasteiger partial charge in [-0.1, -0.05) is 20.8 Å². The third kappa shape index (κ3) is 4.22. The van der Waals surface area contributed by atoms with E-state index in [4.69, 9.17) is 0 Å². The molecule has 1 rings (SSSR count). The van der Waals surface area contributed by atoms with Gasteiger partial charge >= 0.3 is 0 Å². The summed E-state index contributed by atoms with van der Waals surface area (Å²) in [6, 6.07) is 1.31. The molecule has 1 aliphatic heterocycles. The van der Waals surface area contributed by atoms with Crippen molar-refractivity contribution in [1.29, 1.82) is 0 Å². The Kier molecular flexibility index (Phi) is 6.09. The first kappa shape index (κ1) is 15.9. The predicted octanol–water partition coefficient (Wildman–Crippen LogP) is 2.04. The molecule has 2 atom stereocenters. The second-order valence-corrected chi connectivity index (χ2v) is 6.57. The number of rotatable bonds is 6. The Hall–Kier alpha value is -0.120. The predicted molar refractivity (Wildman–Crippen MR) is 80.1 cm³/mol. The average Bonchev–Trinajstić information content (AvgIpc) is 2.37. The van der Waals surface area contributed by atoms with Crippen molar-refractivity contribution in [3.63, 3.8) is 0 Å². The Bertz CT molecular complexity index is 232. The van der Waals surface area contributed by atoms with Gasteiger partial charge in [0.2, 0.25) is 0 Å². The minimum atomic E-state index is 0.341. The molecule has 0 spiro atoms. The van der Waals surface area contributed by atoms with E-state index in [0.29, 0.717) is 11.5 Å². The molecule has 18 heavy (non-hydrogen) atoms. The normalized spacial score (nSPS) is 23.0. The van der Waals surface area contributed by atoms with Crippen molar-refractivity contribution in [3.8, 4) is 0 Å². The van der Waals surface area contributed by atoms with Gasteiger partial charge < -0.3 is 10.2 Å².